The minimum Gasteiger partial charge on any atom is -0.463 e. The van der Waals surface area contributed by atoms with Crippen LogP contribution < -0.4 is 0 Å². The largest absolute Gasteiger partial charge is 0.463 e. The van der Waals surface area contributed by atoms with E-state index in [-0.39, 0.29) is 43.9 Å². The molecule has 0 aliphatic heterocycles. The van der Waals surface area contributed by atoms with E-state index < -0.39 is 0 Å². The summed E-state index contributed by atoms with van der Waals surface area (Å²) in [7, 11) is 0. The summed E-state index contributed by atoms with van der Waals surface area (Å²) in [6.45, 7) is 0. The van der Waals surface area contributed by atoms with Crippen LogP contribution in [0.5, 0.6) is 0 Å². The van der Waals surface area contributed by atoms with Gasteiger partial charge in [-0.2, -0.15) is 0 Å². The van der Waals surface area contributed by atoms with E-state index in [0.717, 1.165) is 0 Å². The van der Waals surface area contributed by atoms with Crippen LogP contribution in [0.25, 0.3) is 5.14 Å². The van der Waals surface area contributed by atoms with Gasteiger partial charge in [0.2, 0.25) is 10.5 Å². The molecule has 0 saturated carbocycles. The molecule has 0 heterocycles. The molecule has 0 aliphatic rings. The van der Waals surface area contributed by atoms with Crippen molar-refractivity contribution in [2.75, 3.05) is 0 Å². The van der Waals surface area contributed by atoms with Crippen molar-refractivity contribution in [2.45, 2.75) is 0 Å². The van der Waals surface area contributed by atoms with Crippen LogP contribution in [-0.2, 0) is 0 Å². The van der Waals surface area contributed by atoms with Crippen molar-refractivity contribution in [2.24, 2.45) is 0 Å². The number of hydrogen-bond acceptors (Lipinski definition) is 2. The van der Waals surface area contributed by atoms with Gasteiger partial charge in [-0.3, -0.25) is 0 Å². The SMILES string of the molecule is N#[N+][O-].[Ar].[He]. The quantitative estimate of drug-likeness (QED) is 0.316. The molecule has 0 spiro atoms. The molecular weight excluding hydrogens is 88.0 g/mol. The predicted molar refractivity (Wildman–Crippen MR) is 8.45 cm³/mol. The predicted octanol–water partition coefficient (Wildman–Crippen LogP) is 0.337. The van der Waals surface area contributed by atoms with Crippen LogP contribution in [0, 0.1) is 54.5 Å². The van der Waals surface area contributed by atoms with E-state index in [1.807, 2.05) is 0 Å². The average molecular weight is 88.0 g/mol. The number of rotatable bonds is 0. The van der Waals surface area contributed by atoms with Gasteiger partial charge in [-0.1, -0.05) is 0 Å². The summed E-state index contributed by atoms with van der Waals surface area (Å²) in [4.78, 5) is 0. The maximum Gasteiger partial charge on any atom is 0.237 e. The zero-order valence-corrected chi connectivity index (χ0v) is 3.07. The van der Waals surface area contributed by atoms with E-state index >= 15 is 0 Å². The van der Waals surface area contributed by atoms with Gasteiger partial charge >= 0.3 is 0 Å². The fourth-order valence-electron chi connectivity index (χ4n) is 0. The van der Waals surface area contributed by atoms with Gasteiger partial charge in [0.05, 0.1) is 0 Å². The molecule has 0 rings (SSSR count). The molecule has 0 atom stereocenters. The first-order valence-corrected chi connectivity index (χ1v) is 0.383. The Morgan fingerprint density at radius 2 is 1.60 bits per heavy atom. The van der Waals surface area contributed by atoms with E-state index in [9.17, 15) is 0 Å². The molecule has 5 heteroatoms. The molecule has 0 fully saturated rings. The summed E-state index contributed by atoms with van der Waals surface area (Å²) < 4.78 is 0. The van der Waals surface area contributed by atoms with Gasteiger partial charge < -0.3 is 5.21 Å². The molecule has 0 aliphatic carbocycles. The van der Waals surface area contributed by atoms with Crippen LogP contribution in [0.2, 0.25) is 0 Å². The monoisotopic (exact) mass is 88.0 g/mol. The van der Waals surface area contributed by atoms with E-state index in [1.165, 1.54) is 5.14 Å². The molecule has 0 aromatic heterocycles. The molecule has 26 valence electrons. The molecule has 0 amide bonds. The number of diazo groups is 1. The Labute approximate surface area is 59.3 Å². The third-order valence-corrected chi connectivity index (χ3v) is 0. The molecule has 0 N–H and O–H groups in total. The van der Waals surface area contributed by atoms with Crippen LogP contribution in [0.15, 0.2) is 0 Å². The first kappa shape index (κ1) is 18.2. The Kier molecular flexibility index (Phi) is 95.1. The molecule has 0 aromatic carbocycles. The summed E-state index contributed by atoms with van der Waals surface area (Å²) in [5, 5.41) is 16.0. The summed E-state index contributed by atoms with van der Waals surface area (Å²) in [6, 6.07) is 0. The number of hydrogen-bond donors (Lipinski definition) is 0. The summed E-state index contributed by atoms with van der Waals surface area (Å²) in [5.41, 5.74) is 0. The fraction of sp³-hybridized carbons (Fsp3) is 0. The summed E-state index contributed by atoms with van der Waals surface area (Å²) in [5.74, 6) is 0. The van der Waals surface area contributed by atoms with Crippen LogP contribution in [0.3, 0.4) is 0 Å². The molecule has 0 radical (unpaired) electrons. The van der Waals surface area contributed by atoms with Gasteiger partial charge in [0.1, 0.15) is 0 Å². The van der Waals surface area contributed by atoms with E-state index in [0.29, 0.717) is 0 Å². The van der Waals surface area contributed by atoms with Gasteiger partial charge in [0.25, 0.3) is 0 Å². The van der Waals surface area contributed by atoms with Crippen LogP contribution >= 0.6 is 0 Å². The smallest absolute Gasteiger partial charge is 0.237 e. The second-order valence-corrected chi connectivity index (χ2v) is 0.0816. The molecular formula is ArHeN2O. The molecule has 0 unspecified atom stereocenters. The van der Waals surface area contributed by atoms with Gasteiger partial charge in [0, 0.05) is 43.9 Å². The Morgan fingerprint density at radius 3 is 1.60 bits per heavy atom. The second-order valence-electron chi connectivity index (χ2n) is 0.0816. The van der Waals surface area contributed by atoms with E-state index in [1.54, 1.807) is 0 Å². The van der Waals surface area contributed by atoms with Gasteiger partial charge in [-0.05, 0) is 0 Å². The Hall–Kier alpha value is 0.389. The second kappa shape index (κ2) is 26.1. The molecule has 0 saturated heterocycles. The Balaban J connectivity index is -0.0000000200. The van der Waals surface area contributed by atoms with Crippen molar-refractivity contribution in [3.63, 3.8) is 0 Å². The molecule has 3 nitrogen and oxygen atoms in total. The first-order chi connectivity index (χ1) is 1.41. The van der Waals surface area contributed by atoms with Gasteiger partial charge in [0.15, 0.2) is 0 Å². The van der Waals surface area contributed by atoms with Crippen molar-refractivity contribution < 1.29 is 43.9 Å². The van der Waals surface area contributed by atoms with Crippen LogP contribution in [0.4, 0.5) is 0 Å². The van der Waals surface area contributed by atoms with Gasteiger partial charge in [-0.25, -0.2) is 0 Å². The average Bonchev–Trinajstić information content (AvgIpc) is 0.918. The van der Waals surface area contributed by atoms with Gasteiger partial charge in [-0.15, -0.1) is 0 Å². The Morgan fingerprint density at radius 1 is 1.60 bits per heavy atom. The normalized spacial score (nSPS) is 1.40. The minimum absolute atomic E-state index is 0. The maximum atomic E-state index is 8.11. The standard InChI is InChI=1S/Ar.He.N2O/c;;1-2-3. The Bertz CT molecular complexity index is 31.1. The van der Waals surface area contributed by atoms with E-state index in [4.69, 9.17) is 10.6 Å². The zero-order chi connectivity index (χ0) is 2.71. The van der Waals surface area contributed by atoms with Crippen LogP contribution in [0.1, 0.15) is 0 Å². The third-order valence-electron chi connectivity index (χ3n) is 0. The van der Waals surface area contributed by atoms with E-state index in [2.05, 4.69) is 0 Å². The fourth-order valence-corrected chi connectivity index (χ4v) is 0. The third kappa shape index (κ3) is 166. The van der Waals surface area contributed by atoms with Crippen molar-refractivity contribution in [3.8, 4) is 0 Å². The summed E-state index contributed by atoms with van der Waals surface area (Å²) in [6.07, 6.45) is 0. The molecule has 0 aromatic rings. The molecule has 5 heavy (non-hydrogen) atoms. The topological polar surface area (TPSA) is 51.2 Å². The summed E-state index contributed by atoms with van der Waals surface area (Å²) >= 11 is 0. The minimum atomic E-state index is 0. The van der Waals surface area contributed by atoms with Crippen molar-refractivity contribution in [1.82, 2.24) is 0 Å². The number of nitrogens with zero attached hydrogens (tertiary/aromatic N) is 2. The first-order valence-electron chi connectivity index (χ1n) is 0.383. The van der Waals surface area contributed by atoms with Crippen molar-refractivity contribution in [3.05, 3.63) is 10.3 Å². The van der Waals surface area contributed by atoms with Crippen LogP contribution in [-0.4, -0.2) is 0 Å². The van der Waals surface area contributed by atoms with Crippen molar-refractivity contribution in [1.29, 1.82) is 5.39 Å². The maximum absolute atomic E-state index is 8.11. The zero-order valence-electron chi connectivity index (χ0n) is 2.36. The molecule has 0 bridgehead atoms. The van der Waals surface area contributed by atoms with Crippen molar-refractivity contribution >= 4 is 0 Å².